The first-order chi connectivity index (χ1) is 15.9. The number of anilines is 1. The van der Waals surface area contributed by atoms with Gasteiger partial charge in [0.05, 0.1) is 0 Å². The van der Waals surface area contributed by atoms with E-state index in [4.69, 9.17) is 23.2 Å². The van der Waals surface area contributed by atoms with E-state index in [-0.39, 0.29) is 10.6 Å². The molecular formula is C21H18Cl2F3N3O3S2. The molecule has 182 valence electrons. The lowest BCUT2D eigenvalue weighted by atomic mass is 10.1. The van der Waals surface area contributed by atoms with Crippen LogP contribution in [-0.2, 0) is 23.0 Å². The number of hydrogen-bond donors (Lipinski definition) is 1. The summed E-state index contributed by atoms with van der Waals surface area (Å²) in [5.41, 5.74) is -4.12. The SMILES string of the molecule is Cc1sc(N(CCc2ccc(Cl)cc2)Cc2ccc(Cl)cc2)nc1C(=O)NS(=O)(=O)C(F)(F)F. The van der Waals surface area contributed by atoms with Crippen LogP contribution in [0.5, 0.6) is 0 Å². The van der Waals surface area contributed by atoms with Crippen molar-refractivity contribution in [1.82, 2.24) is 9.71 Å². The van der Waals surface area contributed by atoms with Crippen molar-refractivity contribution in [3.63, 3.8) is 0 Å². The van der Waals surface area contributed by atoms with Gasteiger partial charge in [-0.3, -0.25) is 4.79 Å². The van der Waals surface area contributed by atoms with Crippen molar-refractivity contribution in [1.29, 1.82) is 0 Å². The number of halogens is 5. The Morgan fingerprint density at radius 2 is 1.56 bits per heavy atom. The minimum absolute atomic E-state index is 0.275. The molecule has 2 aromatic carbocycles. The number of alkyl halides is 3. The molecule has 0 spiro atoms. The first-order valence-electron chi connectivity index (χ1n) is 9.70. The number of rotatable bonds is 8. The van der Waals surface area contributed by atoms with Gasteiger partial charge >= 0.3 is 15.5 Å². The van der Waals surface area contributed by atoms with Crippen LogP contribution in [0.4, 0.5) is 18.3 Å². The summed E-state index contributed by atoms with van der Waals surface area (Å²) in [7, 11) is -5.85. The second-order valence-corrected chi connectivity index (χ2v) is 10.9. The first-order valence-corrected chi connectivity index (χ1v) is 12.8. The lowest BCUT2D eigenvalue weighted by molar-refractivity contribution is -0.0446. The molecule has 0 saturated heterocycles. The second-order valence-electron chi connectivity index (χ2n) is 7.21. The molecule has 0 radical (unpaired) electrons. The maximum Gasteiger partial charge on any atom is 0.516 e. The van der Waals surface area contributed by atoms with Gasteiger partial charge in [0.1, 0.15) is 5.69 Å². The van der Waals surface area contributed by atoms with Crippen molar-refractivity contribution in [2.75, 3.05) is 11.4 Å². The van der Waals surface area contributed by atoms with Crippen molar-refractivity contribution in [2.24, 2.45) is 0 Å². The molecule has 6 nitrogen and oxygen atoms in total. The number of carbonyl (C=O) groups is 1. The van der Waals surface area contributed by atoms with Gasteiger partial charge in [-0.1, -0.05) is 47.5 Å². The minimum atomic E-state index is -5.85. The zero-order chi connectivity index (χ0) is 25.1. The van der Waals surface area contributed by atoms with Gasteiger partial charge in [-0.25, -0.2) is 9.71 Å². The number of amides is 1. The van der Waals surface area contributed by atoms with Crippen molar-refractivity contribution < 1.29 is 26.4 Å². The quantitative estimate of drug-likeness (QED) is 0.395. The van der Waals surface area contributed by atoms with Crippen LogP contribution < -0.4 is 9.62 Å². The van der Waals surface area contributed by atoms with Crippen LogP contribution in [0.3, 0.4) is 0 Å². The van der Waals surface area contributed by atoms with Crippen LogP contribution in [0.25, 0.3) is 0 Å². The van der Waals surface area contributed by atoms with Crippen molar-refractivity contribution in [2.45, 2.75) is 25.4 Å². The fourth-order valence-corrected chi connectivity index (χ4v) is 4.56. The van der Waals surface area contributed by atoms with E-state index in [9.17, 15) is 26.4 Å². The summed E-state index contributed by atoms with van der Waals surface area (Å²) in [4.78, 5) is 18.6. The van der Waals surface area contributed by atoms with E-state index in [0.29, 0.717) is 34.7 Å². The number of hydrogen-bond acceptors (Lipinski definition) is 6. The Balaban J connectivity index is 1.86. The molecule has 1 heterocycles. The van der Waals surface area contributed by atoms with E-state index in [1.54, 1.807) is 24.3 Å². The summed E-state index contributed by atoms with van der Waals surface area (Å²) in [6.07, 6.45) is 0.591. The molecule has 13 heteroatoms. The van der Waals surface area contributed by atoms with Gasteiger partial charge in [0.2, 0.25) is 0 Å². The van der Waals surface area contributed by atoms with Crippen molar-refractivity contribution in [3.8, 4) is 0 Å². The molecule has 34 heavy (non-hydrogen) atoms. The molecule has 3 rings (SSSR count). The molecule has 0 aliphatic heterocycles. The Morgan fingerprint density at radius 3 is 2.09 bits per heavy atom. The smallest absolute Gasteiger partial charge is 0.343 e. The highest BCUT2D eigenvalue weighted by Crippen LogP contribution is 2.29. The van der Waals surface area contributed by atoms with Crippen LogP contribution in [0.15, 0.2) is 48.5 Å². The van der Waals surface area contributed by atoms with Gasteiger partial charge in [-0.2, -0.15) is 21.6 Å². The molecular weight excluding hydrogens is 534 g/mol. The highest BCUT2D eigenvalue weighted by molar-refractivity contribution is 7.90. The van der Waals surface area contributed by atoms with E-state index in [2.05, 4.69) is 4.98 Å². The van der Waals surface area contributed by atoms with Crippen LogP contribution in [0.2, 0.25) is 10.0 Å². The van der Waals surface area contributed by atoms with E-state index in [1.807, 2.05) is 29.2 Å². The zero-order valence-electron chi connectivity index (χ0n) is 17.6. The third-order valence-electron chi connectivity index (χ3n) is 4.67. The van der Waals surface area contributed by atoms with Crippen LogP contribution in [0.1, 0.15) is 26.5 Å². The predicted octanol–water partition coefficient (Wildman–Crippen LogP) is 5.59. The van der Waals surface area contributed by atoms with Crippen LogP contribution >= 0.6 is 34.5 Å². The Morgan fingerprint density at radius 1 is 1.03 bits per heavy atom. The molecule has 3 aromatic rings. The summed E-state index contributed by atoms with van der Waals surface area (Å²) in [5, 5.41) is 1.52. The van der Waals surface area contributed by atoms with Gasteiger partial charge < -0.3 is 4.90 Å². The predicted molar refractivity (Wildman–Crippen MR) is 127 cm³/mol. The molecule has 0 bridgehead atoms. The number of nitrogens with one attached hydrogen (secondary N) is 1. The molecule has 0 atom stereocenters. The van der Waals surface area contributed by atoms with Crippen molar-refractivity contribution >= 4 is 55.6 Å². The van der Waals surface area contributed by atoms with Crippen LogP contribution in [0, 0.1) is 6.92 Å². The highest BCUT2D eigenvalue weighted by Gasteiger charge is 2.47. The molecule has 0 fully saturated rings. The maximum absolute atomic E-state index is 12.7. The number of thiazole rings is 1. The second kappa shape index (κ2) is 10.5. The number of aromatic nitrogens is 1. The largest absolute Gasteiger partial charge is 0.516 e. The maximum atomic E-state index is 12.7. The van der Waals surface area contributed by atoms with E-state index in [1.165, 1.54) is 6.92 Å². The number of benzene rings is 2. The standard InChI is InChI=1S/C21H18Cl2F3N3O3S2/c1-13-18(19(30)28-34(31,32)21(24,25)26)27-20(33-13)29(12-15-4-8-17(23)9-5-15)11-10-14-2-6-16(22)7-3-14/h2-9H,10-12H2,1H3,(H,28,30). The molecule has 0 aliphatic carbocycles. The first kappa shape index (κ1) is 26.3. The minimum Gasteiger partial charge on any atom is -0.343 e. The summed E-state index contributed by atoms with van der Waals surface area (Å²) in [5.74, 6) is -1.44. The average molecular weight is 552 g/mol. The Bertz CT molecular complexity index is 1260. The van der Waals surface area contributed by atoms with E-state index < -0.39 is 21.4 Å². The lowest BCUT2D eigenvalue weighted by Gasteiger charge is -2.22. The Labute approximate surface area is 208 Å². The summed E-state index contributed by atoms with van der Waals surface area (Å²) < 4.78 is 61.7. The van der Waals surface area contributed by atoms with Crippen LogP contribution in [-0.4, -0.2) is 31.4 Å². The summed E-state index contributed by atoms with van der Waals surface area (Å²) >= 11 is 13.0. The fourth-order valence-electron chi connectivity index (χ4n) is 2.92. The van der Waals surface area contributed by atoms with Crippen molar-refractivity contribution in [3.05, 3.63) is 80.3 Å². The monoisotopic (exact) mass is 551 g/mol. The molecule has 0 aliphatic rings. The third kappa shape index (κ3) is 6.62. The van der Waals surface area contributed by atoms with E-state index in [0.717, 1.165) is 27.2 Å². The zero-order valence-corrected chi connectivity index (χ0v) is 20.7. The molecule has 1 aromatic heterocycles. The Kier molecular flexibility index (Phi) is 8.12. The van der Waals surface area contributed by atoms with Gasteiger partial charge in [0.25, 0.3) is 5.91 Å². The van der Waals surface area contributed by atoms with Gasteiger partial charge in [0.15, 0.2) is 5.13 Å². The molecule has 0 unspecified atom stereocenters. The molecule has 0 saturated carbocycles. The highest BCUT2D eigenvalue weighted by atomic mass is 35.5. The van der Waals surface area contributed by atoms with Gasteiger partial charge in [-0.15, -0.1) is 11.3 Å². The fraction of sp³-hybridized carbons (Fsp3) is 0.238. The van der Waals surface area contributed by atoms with Gasteiger partial charge in [0, 0.05) is 28.0 Å². The topological polar surface area (TPSA) is 79.4 Å². The summed E-state index contributed by atoms with van der Waals surface area (Å²) in [6, 6.07) is 14.4. The number of nitrogens with zero attached hydrogens (tertiary/aromatic N) is 2. The lowest BCUT2D eigenvalue weighted by Crippen LogP contribution is -2.40. The summed E-state index contributed by atoms with van der Waals surface area (Å²) in [6.45, 7) is 2.31. The Hall–Kier alpha value is -2.34. The van der Waals surface area contributed by atoms with Gasteiger partial charge in [-0.05, 0) is 48.7 Å². The normalized spacial score (nSPS) is 11.9. The third-order valence-corrected chi connectivity index (χ3v) is 7.27. The molecule has 1 N–H and O–H groups in total. The number of carbonyl (C=O) groups excluding carboxylic acids is 1. The molecule has 1 amide bonds. The average Bonchev–Trinajstić information content (AvgIpc) is 3.14. The van der Waals surface area contributed by atoms with E-state index >= 15 is 0 Å². The number of sulfonamides is 1. The number of aryl methyl sites for hydroxylation is 1.